The number of nitriles is 1. The van der Waals surface area contributed by atoms with E-state index in [1.165, 1.54) is 5.56 Å². The van der Waals surface area contributed by atoms with Crippen LogP contribution >= 0.6 is 0 Å². The van der Waals surface area contributed by atoms with Crippen molar-refractivity contribution in [3.8, 4) is 6.07 Å². The van der Waals surface area contributed by atoms with E-state index < -0.39 is 0 Å². The van der Waals surface area contributed by atoms with Crippen molar-refractivity contribution in [1.82, 2.24) is 10.2 Å². The van der Waals surface area contributed by atoms with Crippen molar-refractivity contribution in [1.29, 1.82) is 5.26 Å². The van der Waals surface area contributed by atoms with Crippen LogP contribution in [0.5, 0.6) is 0 Å². The smallest absolute Gasteiger partial charge is 0.123 e. The molecule has 0 radical (unpaired) electrons. The van der Waals surface area contributed by atoms with Gasteiger partial charge in [0.2, 0.25) is 0 Å². The van der Waals surface area contributed by atoms with Gasteiger partial charge in [-0.1, -0.05) is 31.2 Å². The Hall–Kier alpha value is -1.37. The molecular formula is C15H21N3. The average molecular weight is 243 g/mol. The molecule has 1 fully saturated rings. The molecule has 0 bridgehead atoms. The zero-order valence-corrected chi connectivity index (χ0v) is 11.0. The summed E-state index contributed by atoms with van der Waals surface area (Å²) in [7, 11) is 0. The number of hydrogen-bond donors (Lipinski definition) is 1. The fourth-order valence-corrected chi connectivity index (χ4v) is 2.43. The third-order valence-corrected chi connectivity index (χ3v) is 3.57. The lowest BCUT2D eigenvalue weighted by Gasteiger charge is -2.25. The molecule has 1 aliphatic heterocycles. The van der Waals surface area contributed by atoms with Crippen molar-refractivity contribution in [2.75, 3.05) is 26.2 Å². The molecule has 1 atom stereocenters. The van der Waals surface area contributed by atoms with Crippen LogP contribution in [0, 0.1) is 11.3 Å². The highest BCUT2D eigenvalue weighted by Crippen LogP contribution is 2.21. The first-order valence-corrected chi connectivity index (χ1v) is 6.78. The van der Waals surface area contributed by atoms with E-state index in [4.69, 9.17) is 0 Å². The molecule has 18 heavy (non-hydrogen) atoms. The highest BCUT2D eigenvalue weighted by atomic mass is 15.2. The number of nitrogens with zero attached hydrogens (tertiary/aromatic N) is 2. The van der Waals surface area contributed by atoms with Gasteiger partial charge >= 0.3 is 0 Å². The molecule has 1 heterocycles. The van der Waals surface area contributed by atoms with Gasteiger partial charge in [-0.3, -0.25) is 4.90 Å². The molecule has 0 amide bonds. The van der Waals surface area contributed by atoms with Gasteiger partial charge in [-0.25, -0.2) is 0 Å². The van der Waals surface area contributed by atoms with Crippen molar-refractivity contribution < 1.29 is 0 Å². The van der Waals surface area contributed by atoms with Crippen molar-refractivity contribution in [2.45, 2.75) is 25.8 Å². The van der Waals surface area contributed by atoms with Gasteiger partial charge < -0.3 is 5.32 Å². The first kappa shape index (κ1) is 13.1. The summed E-state index contributed by atoms with van der Waals surface area (Å²) in [5, 5.41) is 12.8. The maximum Gasteiger partial charge on any atom is 0.123 e. The molecule has 1 aliphatic rings. The Morgan fingerprint density at radius 1 is 1.28 bits per heavy atom. The molecule has 1 saturated heterocycles. The number of benzene rings is 1. The van der Waals surface area contributed by atoms with Gasteiger partial charge in [0, 0.05) is 19.6 Å². The van der Waals surface area contributed by atoms with Gasteiger partial charge in [-0.15, -0.1) is 0 Å². The van der Waals surface area contributed by atoms with Crippen LogP contribution in [0.4, 0.5) is 0 Å². The lowest BCUT2D eigenvalue weighted by Crippen LogP contribution is -2.31. The Balaban J connectivity index is 2.13. The van der Waals surface area contributed by atoms with E-state index in [0.717, 1.165) is 44.6 Å². The predicted molar refractivity (Wildman–Crippen MR) is 73.2 cm³/mol. The topological polar surface area (TPSA) is 39.1 Å². The summed E-state index contributed by atoms with van der Waals surface area (Å²) in [6.07, 6.45) is 2.16. The Bertz CT molecular complexity index is 397. The lowest BCUT2D eigenvalue weighted by atomic mass is 10.0. The minimum absolute atomic E-state index is 0.101. The van der Waals surface area contributed by atoms with Crippen molar-refractivity contribution in [3.05, 3.63) is 35.4 Å². The van der Waals surface area contributed by atoms with E-state index in [1.54, 1.807) is 0 Å². The second kappa shape index (κ2) is 6.53. The molecule has 3 heteroatoms. The fourth-order valence-electron chi connectivity index (χ4n) is 2.43. The summed E-state index contributed by atoms with van der Waals surface area (Å²) in [5.74, 6) is 0. The van der Waals surface area contributed by atoms with Crippen LogP contribution in [-0.2, 0) is 6.42 Å². The summed E-state index contributed by atoms with van der Waals surface area (Å²) in [5.41, 5.74) is 2.45. The van der Waals surface area contributed by atoms with Gasteiger partial charge in [-0.2, -0.15) is 5.26 Å². The normalized spacial score (nSPS) is 18.9. The lowest BCUT2D eigenvalue weighted by molar-refractivity contribution is 0.252. The molecular weight excluding hydrogens is 222 g/mol. The van der Waals surface area contributed by atoms with Crippen LogP contribution in [0.25, 0.3) is 0 Å². The van der Waals surface area contributed by atoms with Crippen LogP contribution in [0.15, 0.2) is 24.3 Å². The van der Waals surface area contributed by atoms with Gasteiger partial charge in [0.25, 0.3) is 0 Å². The minimum Gasteiger partial charge on any atom is -0.315 e. The summed E-state index contributed by atoms with van der Waals surface area (Å²) in [6, 6.07) is 10.8. The Morgan fingerprint density at radius 2 is 2.06 bits per heavy atom. The molecule has 0 aromatic heterocycles. The van der Waals surface area contributed by atoms with E-state index in [1.807, 2.05) is 0 Å². The predicted octanol–water partition coefficient (Wildman–Crippen LogP) is 2.11. The monoisotopic (exact) mass is 243 g/mol. The molecule has 0 aliphatic carbocycles. The highest BCUT2D eigenvalue weighted by Gasteiger charge is 2.20. The average Bonchev–Trinajstić information content (AvgIpc) is 2.70. The van der Waals surface area contributed by atoms with E-state index in [0.29, 0.717) is 0 Å². The van der Waals surface area contributed by atoms with Crippen molar-refractivity contribution >= 4 is 0 Å². The quantitative estimate of drug-likeness (QED) is 0.883. The highest BCUT2D eigenvalue weighted by molar-refractivity contribution is 5.28. The maximum atomic E-state index is 9.44. The van der Waals surface area contributed by atoms with Gasteiger partial charge in [0.05, 0.1) is 6.07 Å². The Labute approximate surface area is 109 Å². The van der Waals surface area contributed by atoms with Crippen LogP contribution in [-0.4, -0.2) is 31.1 Å². The Kier molecular flexibility index (Phi) is 4.74. The van der Waals surface area contributed by atoms with E-state index in [2.05, 4.69) is 47.5 Å². The third kappa shape index (κ3) is 3.10. The third-order valence-electron chi connectivity index (χ3n) is 3.57. The summed E-state index contributed by atoms with van der Waals surface area (Å²) in [6.45, 7) is 6.14. The largest absolute Gasteiger partial charge is 0.315 e. The molecule has 1 aromatic carbocycles. The first-order chi connectivity index (χ1) is 8.85. The molecule has 1 N–H and O–H groups in total. The van der Waals surface area contributed by atoms with Crippen molar-refractivity contribution in [2.24, 2.45) is 0 Å². The summed E-state index contributed by atoms with van der Waals surface area (Å²) in [4.78, 5) is 2.28. The first-order valence-electron chi connectivity index (χ1n) is 6.78. The van der Waals surface area contributed by atoms with E-state index >= 15 is 0 Å². The standard InChI is InChI=1S/C15H21N3/c1-2-13-4-6-14(7-5-13)15(12-16)18-10-3-8-17-9-11-18/h4-7,15,17H,2-3,8-11H2,1H3. The SMILES string of the molecule is CCc1ccc(C(C#N)N2CCCNCC2)cc1. The van der Waals surface area contributed by atoms with E-state index in [-0.39, 0.29) is 6.04 Å². The second-order valence-electron chi connectivity index (χ2n) is 4.77. The minimum atomic E-state index is -0.101. The molecule has 2 rings (SSSR count). The zero-order valence-electron chi connectivity index (χ0n) is 11.0. The van der Waals surface area contributed by atoms with Crippen LogP contribution in [0.1, 0.15) is 30.5 Å². The van der Waals surface area contributed by atoms with Crippen LogP contribution < -0.4 is 5.32 Å². The Morgan fingerprint density at radius 3 is 2.72 bits per heavy atom. The van der Waals surface area contributed by atoms with Gasteiger partial charge in [-0.05, 0) is 30.5 Å². The fraction of sp³-hybridized carbons (Fsp3) is 0.533. The maximum absolute atomic E-state index is 9.44. The summed E-state index contributed by atoms with van der Waals surface area (Å²) >= 11 is 0. The van der Waals surface area contributed by atoms with E-state index in [9.17, 15) is 5.26 Å². The number of hydrogen-bond acceptors (Lipinski definition) is 3. The van der Waals surface area contributed by atoms with Gasteiger partial charge in [0.1, 0.15) is 6.04 Å². The van der Waals surface area contributed by atoms with Gasteiger partial charge in [0.15, 0.2) is 0 Å². The number of rotatable bonds is 3. The molecule has 1 unspecified atom stereocenters. The molecule has 0 spiro atoms. The molecule has 3 nitrogen and oxygen atoms in total. The number of aryl methyl sites for hydroxylation is 1. The van der Waals surface area contributed by atoms with Crippen LogP contribution in [0.2, 0.25) is 0 Å². The second-order valence-corrected chi connectivity index (χ2v) is 4.77. The van der Waals surface area contributed by atoms with Crippen LogP contribution in [0.3, 0.4) is 0 Å². The molecule has 96 valence electrons. The van der Waals surface area contributed by atoms with Crippen molar-refractivity contribution in [3.63, 3.8) is 0 Å². The molecule has 0 saturated carbocycles. The zero-order chi connectivity index (χ0) is 12.8. The number of nitrogens with one attached hydrogen (secondary N) is 1. The summed E-state index contributed by atoms with van der Waals surface area (Å²) < 4.78 is 0. The molecule has 1 aromatic rings.